The molecule has 0 saturated carbocycles. The predicted molar refractivity (Wildman–Crippen MR) is 126 cm³/mol. The number of halogens is 2. The summed E-state index contributed by atoms with van der Waals surface area (Å²) in [5.41, 5.74) is 0.842. The Morgan fingerprint density at radius 2 is 1.52 bits per heavy atom. The number of benzene rings is 1. The number of guanidine groups is 1. The molecule has 164 valence electrons. The Hall–Kier alpha value is -1.01. The van der Waals surface area contributed by atoms with Crippen molar-refractivity contribution in [3.63, 3.8) is 0 Å². The second kappa shape index (κ2) is 11.4. The highest BCUT2D eigenvalue weighted by Crippen LogP contribution is 2.32. The van der Waals surface area contributed by atoms with Crippen LogP contribution in [0.25, 0.3) is 0 Å². The van der Waals surface area contributed by atoms with Crippen LogP contribution in [0.5, 0.6) is 0 Å². The fourth-order valence-corrected chi connectivity index (χ4v) is 4.63. The quantitative estimate of drug-likeness (QED) is 0.533. The smallest absolute Gasteiger partial charge is 0.192 e. The highest BCUT2D eigenvalue weighted by Gasteiger charge is 2.35. The average molecular weight is 442 g/mol. The van der Waals surface area contributed by atoms with E-state index in [4.69, 9.17) is 28.2 Å². The topological polar surface area (TPSA) is 42.9 Å². The lowest BCUT2D eigenvalue weighted by molar-refractivity contribution is 0.145. The number of rotatable bonds is 11. The van der Waals surface area contributed by atoms with Gasteiger partial charge in [-0.2, -0.15) is 0 Å². The van der Waals surface area contributed by atoms with Crippen molar-refractivity contribution in [1.29, 1.82) is 0 Å². The summed E-state index contributed by atoms with van der Waals surface area (Å²) in [4.78, 5) is 9.73. The summed E-state index contributed by atoms with van der Waals surface area (Å²) in [5, 5.41) is 8.68. The van der Waals surface area contributed by atoms with Gasteiger partial charge in [-0.15, -0.1) is 0 Å². The van der Waals surface area contributed by atoms with E-state index in [9.17, 15) is 0 Å². The number of nitrogens with zero attached hydrogens (tertiary/aromatic N) is 3. The third kappa shape index (κ3) is 6.24. The van der Waals surface area contributed by atoms with E-state index in [1.165, 1.54) is 0 Å². The molecule has 0 saturated heterocycles. The molecule has 7 heteroatoms. The van der Waals surface area contributed by atoms with E-state index in [2.05, 4.69) is 55.1 Å². The Balaban J connectivity index is 2.19. The van der Waals surface area contributed by atoms with E-state index in [-0.39, 0.29) is 11.6 Å². The lowest BCUT2D eigenvalue weighted by Crippen LogP contribution is -2.62. The van der Waals surface area contributed by atoms with Crippen LogP contribution in [-0.4, -0.2) is 67.1 Å². The highest BCUT2D eigenvalue weighted by atomic mass is 35.5. The molecule has 1 atom stereocenters. The summed E-state index contributed by atoms with van der Waals surface area (Å²) < 4.78 is 0. The number of aliphatic imine (C=N–C) groups is 1. The Kier molecular flexibility index (Phi) is 9.54. The molecule has 1 unspecified atom stereocenters. The maximum absolute atomic E-state index is 6.42. The van der Waals surface area contributed by atoms with Crippen LogP contribution in [-0.2, 0) is 0 Å². The first-order valence-electron chi connectivity index (χ1n) is 10.9. The van der Waals surface area contributed by atoms with Gasteiger partial charge in [0.1, 0.15) is 0 Å². The molecule has 5 nitrogen and oxygen atoms in total. The van der Waals surface area contributed by atoms with Crippen molar-refractivity contribution in [3.8, 4) is 0 Å². The van der Waals surface area contributed by atoms with Crippen LogP contribution in [0.1, 0.15) is 52.6 Å². The molecule has 1 aromatic carbocycles. The van der Waals surface area contributed by atoms with Gasteiger partial charge in [0, 0.05) is 28.7 Å². The summed E-state index contributed by atoms with van der Waals surface area (Å²) in [7, 11) is 0. The lowest BCUT2D eigenvalue weighted by atomic mass is 9.94. The summed E-state index contributed by atoms with van der Waals surface area (Å²) >= 11 is 12.8. The van der Waals surface area contributed by atoms with E-state index in [0.29, 0.717) is 16.6 Å². The van der Waals surface area contributed by atoms with Crippen LogP contribution in [0.4, 0.5) is 0 Å². The van der Waals surface area contributed by atoms with E-state index < -0.39 is 0 Å². The van der Waals surface area contributed by atoms with E-state index in [0.717, 1.165) is 57.2 Å². The number of likely N-dealkylation sites (N-methyl/N-ethyl adjacent to an activating group) is 2. The van der Waals surface area contributed by atoms with E-state index in [1.807, 2.05) is 18.2 Å². The molecule has 0 spiro atoms. The molecule has 0 aromatic heterocycles. The first-order chi connectivity index (χ1) is 13.9. The summed E-state index contributed by atoms with van der Waals surface area (Å²) in [6.07, 6.45) is 1.01. The van der Waals surface area contributed by atoms with Gasteiger partial charge < -0.3 is 20.4 Å². The number of hydrogen-bond donors (Lipinski definition) is 2. The maximum Gasteiger partial charge on any atom is 0.192 e. The summed E-state index contributed by atoms with van der Waals surface area (Å²) in [5.74, 6) is 0.840. The van der Waals surface area contributed by atoms with Crippen LogP contribution in [0.15, 0.2) is 23.2 Å². The zero-order chi connectivity index (χ0) is 21.4. The molecule has 2 N–H and O–H groups in total. The largest absolute Gasteiger partial charge is 0.348 e. The maximum atomic E-state index is 6.42. The van der Waals surface area contributed by atoms with Crippen molar-refractivity contribution >= 4 is 29.2 Å². The van der Waals surface area contributed by atoms with Gasteiger partial charge in [-0.1, -0.05) is 63.9 Å². The van der Waals surface area contributed by atoms with Crippen LogP contribution < -0.4 is 10.6 Å². The monoisotopic (exact) mass is 441 g/mol. The minimum atomic E-state index is -0.0803. The first-order valence-corrected chi connectivity index (χ1v) is 11.6. The third-order valence-corrected chi connectivity index (χ3v) is 6.65. The van der Waals surface area contributed by atoms with Gasteiger partial charge in [0.2, 0.25) is 0 Å². The normalized spacial score (nSPS) is 17.0. The Morgan fingerprint density at radius 3 is 1.97 bits per heavy atom. The van der Waals surface area contributed by atoms with Gasteiger partial charge >= 0.3 is 0 Å². The van der Waals surface area contributed by atoms with Gasteiger partial charge in [-0.3, -0.25) is 4.99 Å². The first kappa shape index (κ1) is 24.3. The number of nitrogens with one attached hydrogen (secondary N) is 2. The molecule has 1 aliphatic rings. The molecule has 1 aliphatic heterocycles. The second-order valence-electron chi connectivity index (χ2n) is 7.70. The minimum absolute atomic E-state index is 0.00448. The SMILES string of the molecule is CCN(CC)CC(CC)(CN(CC)CC)NC1=NCC(c2c(Cl)cccc2Cl)N1. The molecular weight excluding hydrogens is 405 g/mol. The molecule has 1 aromatic rings. The van der Waals surface area contributed by atoms with Crippen LogP contribution in [0.2, 0.25) is 10.0 Å². The Labute approximate surface area is 186 Å². The van der Waals surface area contributed by atoms with Crippen molar-refractivity contribution in [2.75, 3.05) is 45.8 Å². The molecule has 0 amide bonds. The molecule has 0 radical (unpaired) electrons. The summed E-state index contributed by atoms with van der Waals surface area (Å²) in [6, 6.07) is 5.63. The predicted octanol–water partition coefficient (Wildman–Crippen LogP) is 4.42. The lowest BCUT2D eigenvalue weighted by Gasteiger charge is -2.42. The van der Waals surface area contributed by atoms with E-state index >= 15 is 0 Å². The molecule has 0 fully saturated rings. The number of hydrogen-bond acceptors (Lipinski definition) is 5. The Bertz CT molecular complexity index is 637. The molecule has 29 heavy (non-hydrogen) atoms. The molecule has 0 bridgehead atoms. The van der Waals surface area contributed by atoms with Crippen molar-refractivity contribution in [1.82, 2.24) is 20.4 Å². The van der Waals surface area contributed by atoms with Crippen molar-refractivity contribution in [3.05, 3.63) is 33.8 Å². The van der Waals surface area contributed by atoms with Crippen LogP contribution in [0.3, 0.4) is 0 Å². The van der Waals surface area contributed by atoms with Crippen molar-refractivity contribution in [2.24, 2.45) is 4.99 Å². The van der Waals surface area contributed by atoms with E-state index in [1.54, 1.807) is 0 Å². The molecular formula is C22H37Cl2N5. The van der Waals surface area contributed by atoms with Gasteiger partial charge in [0.15, 0.2) is 5.96 Å². The van der Waals surface area contributed by atoms with Crippen molar-refractivity contribution in [2.45, 2.75) is 52.6 Å². The second-order valence-corrected chi connectivity index (χ2v) is 8.52. The average Bonchev–Trinajstić information content (AvgIpc) is 3.17. The zero-order valence-electron chi connectivity index (χ0n) is 18.6. The van der Waals surface area contributed by atoms with Crippen LogP contribution in [0, 0.1) is 0 Å². The Morgan fingerprint density at radius 1 is 1.00 bits per heavy atom. The van der Waals surface area contributed by atoms with Gasteiger partial charge in [-0.25, -0.2) is 0 Å². The zero-order valence-corrected chi connectivity index (χ0v) is 20.1. The van der Waals surface area contributed by atoms with Gasteiger partial charge in [-0.05, 0) is 44.7 Å². The fraction of sp³-hybridized carbons (Fsp3) is 0.682. The van der Waals surface area contributed by atoms with Gasteiger partial charge in [0.25, 0.3) is 0 Å². The van der Waals surface area contributed by atoms with Crippen LogP contribution >= 0.6 is 23.2 Å². The molecule has 2 rings (SSSR count). The van der Waals surface area contributed by atoms with Gasteiger partial charge in [0.05, 0.1) is 18.1 Å². The fourth-order valence-electron chi connectivity index (χ4n) is 3.96. The summed E-state index contributed by atoms with van der Waals surface area (Å²) in [6.45, 7) is 17.9. The minimum Gasteiger partial charge on any atom is -0.348 e. The van der Waals surface area contributed by atoms with Crippen molar-refractivity contribution < 1.29 is 0 Å². The third-order valence-electron chi connectivity index (χ3n) is 5.99. The molecule has 0 aliphatic carbocycles. The molecule has 1 heterocycles. The standard InChI is InChI=1S/C22H37Cl2N5/c1-6-22(15-28(7-2)8-3,16-29(9-4)10-5)27-21-25-14-19(26-21)20-17(23)12-11-13-18(20)24/h11-13,19H,6-10,14-16H2,1-5H3,(H2,25,26,27). The highest BCUT2D eigenvalue weighted by molar-refractivity contribution is 6.36.